The number of aromatic nitrogens is 2. The maximum Gasteiger partial charge on any atom is 0.274 e. The van der Waals surface area contributed by atoms with Crippen molar-refractivity contribution in [3.63, 3.8) is 0 Å². The molecule has 22 heavy (non-hydrogen) atoms. The van der Waals surface area contributed by atoms with Crippen molar-refractivity contribution in [3.05, 3.63) is 42.0 Å². The zero-order chi connectivity index (χ0) is 15.1. The maximum atomic E-state index is 12.7. The van der Waals surface area contributed by atoms with Gasteiger partial charge in [-0.15, -0.1) is 0 Å². The van der Waals surface area contributed by atoms with Gasteiger partial charge >= 0.3 is 0 Å². The van der Waals surface area contributed by atoms with E-state index in [9.17, 15) is 4.79 Å². The van der Waals surface area contributed by atoms with Crippen LogP contribution in [0.2, 0.25) is 0 Å². The second-order valence-corrected chi connectivity index (χ2v) is 6.14. The zero-order valence-electron chi connectivity index (χ0n) is 12.7. The Morgan fingerprint density at radius 1 is 1.27 bits per heavy atom. The highest BCUT2D eigenvalue weighted by atomic mass is 16.5. The normalized spacial score (nSPS) is 17.6. The number of imidazole rings is 1. The van der Waals surface area contributed by atoms with Crippen LogP contribution in [0.1, 0.15) is 35.9 Å². The third kappa shape index (κ3) is 2.08. The summed E-state index contributed by atoms with van der Waals surface area (Å²) in [6.07, 6.45) is 3.87. The Bertz CT molecular complexity index is 714. The second kappa shape index (κ2) is 5.16. The second-order valence-electron chi connectivity index (χ2n) is 6.14. The minimum atomic E-state index is 0.0311. The number of para-hydroxylation sites is 2. The summed E-state index contributed by atoms with van der Waals surface area (Å²) in [5, 5.41) is 0. The molecule has 1 aromatic carbocycles. The Labute approximate surface area is 129 Å². The molecule has 0 saturated carbocycles. The molecule has 114 valence electrons. The Hall–Kier alpha value is -2.30. The van der Waals surface area contributed by atoms with Crippen LogP contribution in [0.5, 0.6) is 5.75 Å². The molecule has 1 aromatic heterocycles. The first-order valence-electron chi connectivity index (χ1n) is 7.81. The number of hydrogen-bond acceptors (Lipinski definition) is 3. The minimum absolute atomic E-state index is 0.0311. The summed E-state index contributed by atoms with van der Waals surface area (Å²) in [7, 11) is 0. The molecule has 2 aliphatic rings. The van der Waals surface area contributed by atoms with Crippen molar-refractivity contribution in [2.45, 2.75) is 26.4 Å². The predicted molar refractivity (Wildman–Crippen MR) is 82.2 cm³/mol. The lowest BCUT2D eigenvalue weighted by Crippen LogP contribution is -2.38. The summed E-state index contributed by atoms with van der Waals surface area (Å²) in [6, 6.07) is 7.83. The number of nitrogens with zero attached hydrogens (tertiary/aromatic N) is 3. The highest BCUT2D eigenvalue weighted by Crippen LogP contribution is 2.31. The number of carbonyl (C=O) groups excluding carboxylic acids is 1. The van der Waals surface area contributed by atoms with Gasteiger partial charge in [-0.25, -0.2) is 4.98 Å². The van der Waals surface area contributed by atoms with Gasteiger partial charge in [0, 0.05) is 13.1 Å². The molecule has 5 heteroatoms. The van der Waals surface area contributed by atoms with Crippen molar-refractivity contribution in [1.29, 1.82) is 0 Å². The van der Waals surface area contributed by atoms with Crippen molar-refractivity contribution in [3.8, 4) is 11.4 Å². The number of benzene rings is 1. The predicted octanol–water partition coefficient (Wildman–Crippen LogP) is 2.64. The first kappa shape index (κ1) is 13.4. The van der Waals surface area contributed by atoms with Gasteiger partial charge in [-0.1, -0.05) is 19.1 Å². The summed E-state index contributed by atoms with van der Waals surface area (Å²) in [4.78, 5) is 19.0. The molecule has 3 heterocycles. The van der Waals surface area contributed by atoms with E-state index < -0.39 is 0 Å². The fourth-order valence-corrected chi connectivity index (χ4v) is 3.18. The molecule has 0 bridgehead atoms. The highest BCUT2D eigenvalue weighted by Gasteiger charge is 2.28. The summed E-state index contributed by atoms with van der Waals surface area (Å²) >= 11 is 0. The number of likely N-dealkylation sites (tertiary alicyclic amines) is 1. The van der Waals surface area contributed by atoms with Crippen molar-refractivity contribution in [1.82, 2.24) is 14.5 Å². The zero-order valence-corrected chi connectivity index (χ0v) is 12.7. The minimum Gasteiger partial charge on any atom is -0.485 e. The van der Waals surface area contributed by atoms with Gasteiger partial charge in [0.05, 0.1) is 11.4 Å². The Morgan fingerprint density at radius 2 is 2.05 bits per heavy atom. The van der Waals surface area contributed by atoms with Crippen LogP contribution < -0.4 is 4.74 Å². The standard InChI is InChI=1S/C17H19N3O2/c1-12-6-8-19(9-7-12)17(21)16-14-10-22-15-5-3-2-4-13(15)20(14)11-18-16/h2-5,11-12H,6-10H2,1H3. The summed E-state index contributed by atoms with van der Waals surface area (Å²) in [6.45, 7) is 4.28. The highest BCUT2D eigenvalue weighted by molar-refractivity contribution is 5.93. The van der Waals surface area contributed by atoms with E-state index >= 15 is 0 Å². The number of amides is 1. The van der Waals surface area contributed by atoms with Gasteiger partial charge in [0.2, 0.25) is 0 Å². The van der Waals surface area contributed by atoms with Crippen LogP contribution in [0, 0.1) is 5.92 Å². The average Bonchev–Trinajstić information content (AvgIpc) is 2.99. The van der Waals surface area contributed by atoms with Gasteiger partial charge in [-0.3, -0.25) is 9.36 Å². The van der Waals surface area contributed by atoms with E-state index in [0.717, 1.165) is 43.1 Å². The summed E-state index contributed by atoms with van der Waals surface area (Å²) in [5.41, 5.74) is 2.33. The molecule has 0 unspecified atom stereocenters. The first-order chi connectivity index (χ1) is 10.7. The lowest BCUT2D eigenvalue weighted by molar-refractivity contribution is 0.0688. The van der Waals surface area contributed by atoms with Gasteiger partial charge in [0.15, 0.2) is 5.69 Å². The van der Waals surface area contributed by atoms with Crippen LogP contribution in [0.15, 0.2) is 30.6 Å². The van der Waals surface area contributed by atoms with Crippen LogP contribution in [-0.4, -0.2) is 33.4 Å². The molecule has 0 aliphatic carbocycles. The van der Waals surface area contributed by atoms with E-state index in [0.29, 0.717) is 18.2 Å². The van der Waals surface area contributed by atoms with E-state index in [1.807, 2.05) is 33.7 Å². The largest absolute Gasteiger partial charge is 0.485 e. The van der Waals surface area contributed by atoms with Crippen LogP contribution in [0.3, 0.4) is 0 Å². The lowest BCUT2D eigenvalue weighted by atomic mass is 9.99. The molecule has 2 aromatic rings. The quantitative estimate of drug-likeness (QED) is 0.813. The van der Waals surface area contributed by atoms with E-state index in [1.165, 1.54) is 0 Å². The lowest BCUT2D eigenvalue weighted by Gasteiger charge is -2.30. The van der Waals surface area contributed by atoms with Crippen LogP contribution >= 0.6 is 0 Å². The molecular formula is C17H19N3O2. The smallest absolute Gasteiger partial charge is 0.274 e. The number of hydrogen-bond donors (Lipinski definition) is 0. The van der Waals surface area contributed by atoms with Crippen LogP contribution in [0.25, 0.3) is 5.69 Å². The molecule has 2 aliphatic heterocycles. The van der Waals surface area contributed by atoms with Gasteiger partial charge in [-0.2, -0.15) is 0 Å². The fourth-order valence-electron chi connectivity index (χ4n) is 3.18. The number of rotatable bonds is 1. The monoisotopic (exact) mass is 297 g/mol. The SMILES string of the molecule is CC1CCN(C(=O)c2ncn3c2COc2ccccc2-3)CC1. The van der Waals surface area contributed by atoms with E-state index in [2.05, 4.69) is 11.9 Å². The van der Waals surface area contributed by atoms with Crippen molar-refractivity contribution in [2.75, 3.05) is 13.1 Å². The Kier molecular flexibility index (Phi) is 3.13. The van der Waals surface area contributed by atoms with Crippen LogP contribution in [0.4, 0.5) is 0 Å². The number of ether oxygens (including phenoxy) is 1. The molecule has 0 radical (unpaired) electrons. The molecule has 0 N–H and O–H groups in total. The fraction of sp³-hybridized carbons (Fsp3) is 0.412. The topological polar surface area (TPSA) is 47.4 Å². The molecule has 0 atom stereocenters. The molecule has 0 spiro atoms. The molecule has 1 fully saturated rings. The molecule has 1 saturated heterocycles. The van der Waals surface area contributed by atoms with Gasteiger partial charge in [0.25, 0.3) is 5.91 Å². The molecule has 4 rings (SSSR count). The van der Waals surface area contributed by atoms with Gasteiger partial charge in [-0.05, 0) is 30.9 Å². The van der Waals surface area contributed by atoms with Crippen molar-refractivity contribution >= 4 is 5.91 Å². The van der Waals surface area contributed by atoms with Gasteiger partial charge in [0.1, 0.15) is 18.7 Å². The third-order valence-electron chi connectivity index (χ3n) is 4.63. The van der Waals surface area contributed by atoms with Crippen LogP contribution in [-0.2, 0) is 6.61 Å². The number of fused-ring (bicyclic) bond motifs is 3. The Morgan fingerprint density at radius 3 is 2.86 bits per heavy atom. The van der Waals surface area contributed by atoms with Crippen molar-refractivity contribution < 1.29 is 9.53 Å². The first-order valence-corrected chi connectivity index (χ1v) is 7.81. The molecule has 1 amide bonds. The maximum absolute atomic E-state index is 12.7. The molecule has 5 nitrogen and oxygen atoms in total. The van der Waals surface area contributed by atoms with E-state index in [4.69, 9.17) is 4.74 Å². The Balaban J connectivity index is 1.66. The molecular weight excluding hydrogens is 278 g/mol. The average molecular weight is 297 g/mol. The summed E-state index contributed by atoms with van der Waals surface area (Å²) < 4.78 is 7.74. The van der Waals surface area contributed by atoms with Crippen molar-refractivity contribution in [2.24, 2.45) is 5.92 Å². The van der Waals surface area contributed by atoms with E-state index in [1.54, 1.807) is 6.33 Å². The number of carbonyl (C=O) groups is 1. The summed E-state index contributed by atoms with van der Waals surface area (Å²) in [5.74, 6) is 1.57. The number of piperidine rings is 1. The van der Waals surface area contributed by atoms with E-state index in [-0.39, 0.29) is 5.91 Å². The van der Waals surface area contributed by atoms with Gasteiger partial charge < -0.3 is 9.64 Å². The third-order valence-corrected chi connectivity index (χ3v) is 4.63.